The molecule has 7 heteroatoms. The molecule has 0 aliphatic carbocycles. The van der Waals surface area contributed by atoms with Gasteiger partial charge in [-0.3, -0.25) is 15.6 Å². The van der Waals surface area contributed by atoms with Crippen molar-refractivity contribution in [3.8, 4) is 5.75 Å². The quantitative estimate of drug-likeness (QED) is 0.585. The molecule has 0 radical (unpaired) electrons. The van der Waals surface area contributed by atoms with E-state index < -0.39 is 11.7 Å². The summed E-state index contributed by atoms with van der Waals surface area (Å²) >= 11 is 0. The van der Waals surface area contributed by atoms with Crippen molar-refractivity contribution in [3.63, 3.8) is 0 Å². The van der Waals surface area contributed by atoms with Crippen LogP contribution in [-0.4, -0.2) is 18.0 Å². The number of nitrogens with two attached hydrogens (primary N) is 1. The summed E-state index contributed by atoms with van der Waals surface area (Å²) in [7, 11) is 1.37. The number of benzene rings is 1. The van der Waals surface area contributed by atoms with Gasteiger partial charge in [0.05, 0.1) is 18.4 Å². The zero-order valence-corrected chi connectivity index (χ0v) is 10.7. The molecule has 1 aromatic carbocycles. The molecule has 2 aromatic rings. The highest BCUT2D eigenvalue weighted by Gasteiger charge is 2.12. The fourth-order valence-corrected chi connectivity index (χ4v) is 1.64. The minimum absolute atomic E-state index is 0.105. The van der Waals surface area contributed by atoms with Crippen molar-refractivity contribution in [2.24, 2.45) is 5.84 Å². The second-order valence-corrected chi connectivity index (χ2v) is 3.87. The van der Waals surface area contributed by atoms with Gasteiger partial charge in [0.2, 0.25) is 0 Å². The Morgan fingerprint density at radius 2 is 2.20 bits per heavy atom. The summed E-state index contributed by atoms with van der Waals surface area (Å²) in [5.74, 6) is 4.40. The van der Waals surface area contributed by atoms with Crippen LogP contribution in [0.4, 0.5) is 15.8 Å². The molecule has 0 bridgehead atoms. The van der Waals surface area contributed by atoms with Crippen LogP contribution in [0.5, 0.6) is 5.75 Å². The van der Waals surface area contributed by atoms with Crippen LogP contribution in [0.15, 0.2) is 36.7 Å². The molecule has 0 saturated heterocycles. The molecule has 1 heterocycles. The number of hydrogen-bond acceptors (Lipinski definition) is 5. The zero-order chi connectivity index (χ0) is 14.5. The third-order valence-electron chi connectivity index (χ3n) is 2.63. The third kappa shape index (κ3) is 2.83. The van der Waals surface area contributed by atoms with E-state index in [1.165, 1.54) is 37.7 Å². The van der Waals surface area contributed by atoms with Gasteiger partial charge in [-0.1, -0.05) is 0 Å². The van der Waals surface area contributed by atoms with Crippen molar-refractivity contribution >= 4 is 17.3 Å². The van der Waals surface area contributed by atoms with Crippen molar-refractivity contribution in [3.05, 3.63) is 48.0 Å². The average molecular weight is 276 g/mol. The van der Waals surface area contributed by atoms with E-state index in [0.29, 0.717) is 11.4 Å². The van der Waals surface area contributed by atoms with E-state index in [0.717, 1.165) is 0 Å². The molecular weight excluding hydrogens is 263 g/mol. The molecule has 0 spiro atoms. The summed E-state index contributed by atoms with van der Waals surface area (Å²) in [5, 5.41) is 2.56. The summed E-state index contributed by atoms with van der Waals surface area (Å²) in [6.07, 6.45) is 2.86. The standard InChI is InChI=1S/C13H13FN4O2/c1-20-12-3-2-8(6-10(12)14)17-13(19)9-7-16-5-4-11(9)18-15/h2-7H,15H2,1H3,(H,16,18)(H,17,19). The number of ether oxygens (including phenoxy) is 1. The molecular formula is C13H13FN4O2. The van der Waals surface area contributed by atoms with Crippen molar-refractivity contribution in [2.75, 3.05) is 17.9 Å². The SMILES string of the molecule is COc1ccc(NC(=O)c2cnccc2NN)cc1F. The van der Waals surface area contributed by atoms with Gasteiger partial charge in [-0.2, -0.15) is 0 Å². The number of nitrogen functional groups attached to an aromatic ring is 1. The predicted octanol–water partition coefficient (Wildman–Crippen LogP) is 1.77. The number of carbonyl (C=O) groups excluding carboxylic acids is 1. The van der Waals surface area contributed by atoms with Crippen LogP contribution in [0.3, 0.4) is 0 Å². The molecule has 0 aliphatic rings. The number of anilines is 2. The molecule has 2 rings (SSSR count). The molecule has 0 atom stereocenters. The Morgan fingerprint density at radius 1 is 1.40 bits per heavy atom. The average Bonchev–Trinajstić information content (AvgIpc) is 2.47. The second kappa shape index (κ2) is 5.98. The molecule has 0 aliphatic heterocycles. The molecule has 4 N–H and O–H groups in total. The smallest absolute Gasteiger partial charge is 0.259 e. The van der Waals surface area contributed by atoms with Gasteiger partial charge in [-0.05, 0) is 18.2 Å². The maximum Gasteiger partial charge on any atom is 0.259 e. The number of hydrazine groups is 1. The van der Waals surface area contributed by atoms with E-state index in [1.807, 2.05) is 0 Å². The number of rotatable bonds is 4. The number of amides is 1. The van der Waals surface area contributed by atoms with Gasteiger partial charge in [-0.15, -0.1) is 0 Å². The fraction of sp³-hybridized carbons (Fsp3) is 0.0769. The van der Waals surface area contributed by atoms with E-state index >= 15 is 0 Å². The first-order valence-electron chi connectivity index (χ1n) is 5.71. The Bertz CT molecular complexity index is 634. The molecule has 6 nitrogen and oxygen atoms in total. The lowest BCUT2D eigenvalue weighted by molar-refractivity contribution is 0.102. The lowest BCUT2D eigenvalue weighted by Gasteiger charge is -2.10. The number of nitrogens with one attached hydrogen (secondary N) is 2. The summed E-state index contributed by atoms with van der Waals surface area (Å²) in [4.78, 5) is 15.9. The van der Waals surface area contributed by atoms with Gasteiger partial charge in [0.1, 0.15) is 0 Å². The number of methoxy groups -OCH3 is 1. The molecule has 104 valence electrons. The predicted molar refractivity (Wildman–Crippen MR) is 73.0 cm³/mol. The van der Waals surface area contributed by atoms with Crippen LogP contribution in [0, 0.1) is 5.82 Å². The maximum atomic E-state index is 13.5. The summed E-state index contributed by atoms with van der Waals surface area (Å²) in [6.45, 7) is 0. The van der Waals surface area contributed by atoms with Crippen LogP contribution >= 0.6 is 0 Å². The Kier molecular flexibility index (Phi) is 4.11. The van der Waals surface area contributed by atoms with Gasteiger partial charge in [0, 0.05) is 24.1 Å². The molecule has 0 unspecified atom stereocenters. The Morgan fingerprint density at radius 3 is 2.85 bits per heavy atom. The van der Waals surface area contributed by atoms with Gasteiger partial charge in [0.15, 0.2) is 11.6 Å². The zero-order valence-electron chi connectivity index (χ0n) is 10.7. The van der Waals surface area contributed by atoms with Crippen LogP contribution < -0.4 is 21.3 Å². The maximum absolute atomic E-state index is 13.5. The molecule has 0 saturated carbocycles. The second-order valence-electron chi connectivity index (χ2n) is 3.87. The first-order valence-corrected chi connectivity index (χ1v) is 5.71. The molecule has 0 fully saturated rings. The first kappa shape index (κ1) is 13.8. The topological polar surface area (TPSA) is 89.3 Å². The highest BCUT2D eigenvalue weighted by molar-refractivity contribution is 6.07. The third-order valence-corrected chi connectivity index (χ3v) is 2.63. The molecule has 1 aromatic heterocycles. The number of carbonyl (C=O) groups is 1. The van der Waals surface area contributed by atoms with Crippen LogP contribution in [0.2, 0.25) is 0 Å². The lowest BCUT2D eigenvalue weighted by Crippen LogP contribution is -2.17. The van der Waals surface area contributed by atoms with E-state index in [2.05, 4.69) is 15.7 Å². The van der Waals surface area contributed by atoms with E-state index in [9.17, 15) is 9.18 Å². The summed E-state index contributed by atoms with van der Waals surface area (Å²) < 4.78 is 18.3. The van der Waals surface area contributed by atoms with Gasteiger partial charge in [-0.25, -0.2) is 4.39 Å². The van der Waals surface area contributed by atoms with Gasteiger partial charge < -0.3 is 15.5 Å². The van der Waals surface area contributed by atoms with E-state index in [4.69, 9.17) is 10.6 Å². The fourth-order valence-electron chi connectivity index (χ4n) is 1.64. The van der Waals surface area contributed by atoms with Gasteiger partial charge in [0.25, 0.3) is 5.91 Å². The van der Waals surface area contributed by atoms with Crippen LogP contribution in [0.25, 0.3) is 0 Å². The molecule has 1 amide bonds. The van der Waals surface area contributed by atoms with Crippen molar-refractivity contribution in [2.45, 2.75) is 0 Å². The number of aromatic nitrogens is 1. The summed E-state index contributed by atoms with van der Waals surface area (Å²) in [5.41, 5.74) is 3.38. The largest absolute Gasteiger partial charge is 0.494 e. The van der Waals surface area contributed by atoms with Crippen molar-refractivity contribution < 1.29 is 13.9 Å². The lowest BCUT2D eigenvalue weighted by atomic mass is 10.2. The highest BCUT2D eigenvalue weighted by Crippen LogP contribution is 2.21. The van der Waals surface area contributed by atoms with Crippen LogP contribution in [0.1, 0.15) is 10.4 Å². The van der Waals surface area contributed by atoms with E-state index in [1.54, 1.807) is 6.07 Å². The number of pyridine rings is 1. The summed E-state index contributed by atoms with van der Waals surface area (Å²) in [6, 6.07) is 5.69. The number of nitrogens with zero attached hydrogens (tertiary/aromatic N) is 1. The van der Waals surface area contributed by atoms with E-state index in [-0.39, 0.29) is 11.3 Å². The number of halogens is 1. The normalized spacial score (nSPS) is 9.95. The van der Waals surface area contributed by atoms with Crippen LogP contribution in [-0.2, 0) is 0 Å². The van der Waals surface area contributed by atoms with Gasteiger partial charge >= 0.3 is 0 Å². The minimum atomic E-state index is -0.561. The highest BCUT2D eigenvalue weighted by atomic mass is 19.1. The minimum Gasteiger partial charge on any atom is -0.494 e. The first-order chi connectivity index (χ1) is 9.65. The number of hydrogen-bond donors (Lipinski definition) is 3. The Labute approximate surface area is 114 Å². The Balaban J connectivity index is 2.21. The van der Waals surface area contributed by atoms with Crippen molar-refractivity contribution in [1.29, 1.82) is 0 Å². The van der Waals surface area contributed by atoms with Crippen molar-refractivity contribution in [1.82, 2.24) is 4.98 Å². The molecule has 20 heavy (non-hydrogen) atoms. The monoisotopic (exact) mass is 276 g/mol. The Hall–Kier alpha value is -2.67.